The summed E-state index contributed by atoms with van der Waals surface area (Å²) < 4.78 is 0. The number of benzene rings is 2. The van der Waals surface area contributed by atoms with Crippen molar-refractivity contribution in [2.45, 2.75) is 20.0 Å². The lowest BCUT2D eigenvalue weighted by atomic mass is 10.1. The molecule has 0 aliphatic heterocycles. The second kappa shape index (κ2) is 10.7. The van der Waals surface area contributed by atoms with Gasteiger partial charge in [-0.2, -0.15) is 0 Å². The minimum absolute atomic E-state index is 0.0647. The van der Waals surface area contributed by atoms with E-state index < -0.39 is 0 Å². The van der Waals surface area contributed by atoms with Gasteiger partial charge in [-0.05, 0) is 30.2 Å². The lowest BCUT2D eigenvalue weighted by Gasteiger charge is -2.09. The van der Waals surface area contributed by atoms with Crippen molar-refractivity contribution in [2.75, 3.05) is 30.9 Å². The van der Waals surface area contributed by atoms with Crippen LogP contribution in [0.1, 0.15) is 16.7 Å². The fourth-order valence-electron chi connectivity index (χ4n) is 2.59. The maximum Gasteiger partial charge on any atom is 0.234 e. The predicted octanol–water partition coefficient (Wildman–Crippen LogP) is 1.63. The van der Waals surface area contributed by atoms with Crippen molar-refractivity contribution in [2.24, 2.45) is 0 Å². The number of nitrogens with one attached hydrogen (secondary N) is 3. The molecule has 6 heteroatoms. The van der Waals surface area contributed by atoms with Gasteiger partial charge in [-0.1, -0.05) is 36.4 Å². The third kappa shape index (κ3) is 8.28. The van der Waals surface area contributed by atoms with Crippen LogP contribution < -0.4 is 15.5 Å². The highest BCUT2D eigenvalue weighted by Crippen LogP contribution is 2.10. The van der Waals surface area contributed by atoms with Gasteiger partial charge in [-0.3, -0.25) is 9.59 Å². The zero-order valence-corrected chi connectivity index (χ0v) is 17.0. The Balaban J connectivity index is 1.65. The van der Waals surface area contributed by atoms with E-state index in [0.29, 0.717) is 6.54 Å². The maximum absolute atomic E-state index is 11.9. The van der Waals surface area contributed by atoms with Crippen LogP contribution in [0.3, 0.4) is 0 Å². The van der Waals surface area contributed by atoms with Crippen molar-refractivity contribution < 1.29 is 14.5 Å². The highest BCUT2D eigenvalue weighted by atomic mass is 32.2. The third-order valence-electron chi connectivity index (χ3n) is 3.84. The molecule has 0 radical (unpaired) electrons. The fraction of sp³-hybridized carbons (Fsp3) is 0.333. The summed E-state index contributed by atoms with van der Waals surface area (Å²) in [5.74, 6) is 0.355. The van der Waals surface area contributed by atoms with Crippen LogP contribution in [0.5, 0.6) is 0 Å². The van der Waals surface area contributed by atoms with E-state index in [0.717, 1.165) is 23.4 Å². The summed E-state index contributed by atoms with van der Waals surface area (Å²) in [6, 6.07) is 15.9. The summed E-state index contributed by atoms with van der Waals surface area (Å²) in [7, 11) is 4.24. The topological polar surface area (TPSA) is 62.6 Å². The molecule has 0 saturated heterocycles. The Morgan fingerprint density at radius 2 is 1.63 bits per heavy atom. The first-order valence-corrected chi connectivity index (χ1v) is 10.2. The Labute approximate surface area is 165 Å². The normalized spacial score (nSPS) is 10.7. The van der Waals surface area contributed by atoms with Gasteiger partial charge < -0.3 is 15.5 Å². The first kappa shape index (κ1) is 21.0. The van der Waals surface area contributed by atoms with E-state index in [1.54, 1.807) is 0 Å². The van der Waals surface area contributed by atoms with Crippen molar-refractivity contribution in [3.63, 3.8) is 0 Å². The van der Waals surface area contributed by atoms with Gasteiger partial charge in [0.15, 0.2) is 0 Å². The average molecular weight is 387 g/mol. The molecule has 2 amide bonds. The van der Waals surface area contributed by atoms with Crippen molar-refractivity contribution >= 4 is 29.3 Å². The van der Waals surface area contributed by atoms with E-state index in [-0.39, 0.29) is 23.3 Å². The van der Waals surface area contributed by atoms with Gasteiger partial charge in [0, 0.05) is 17.8 Å². The van der Waals surface area contributed by atoms with Crippen LogP contribution in [0.2, 0.25) is 0 Å². The van der Waals surface area contributed by atoms with Gasteiger partial charge in [0.2, 0.25) is 11.8 Å². The first-order valence-electron chi connectivity index (χ1n) is 9.00. The van der Waals surface area contributed by atoms with Crippen LogP contribution in [0.15, 0.2) is 48.5 Å². The Hall–Kier alpha value is -2.31. The number of rotatable bonds is 9. The van der Waals surface area contributed by atoms with Crippen LogP contribution in [0.25, 0.3) is 0 Å². The second-order valence-electron chi connectivity index (χ2n) is 6.89. The summed E-state index contributed by atoms with van der Waals surface area (Å²) in [4.78, 5) is 25.2. The SMILES string of the molecule is Cc1cccc(NC(=O)CSCC(=O)NCc2ccc(C[NH+](C)C)cc2)c1. The molecule has 0 fully saturated rings. The van der Waals surface area contributed by atoms with Crippen LogP contribution >= 0.6 is 11.8 Å². The van der Waals surface area contributed by atoms with Crippen molar-refractivity contribution in [3.8, 4) is 0 Å². The van der Waals surface area contributed by atoms with Crippen molar-refractivity contribution in [1.82, 2.24) is 5.32 Å². The minimum Gasteiger partial charge on any atom is -0.351 e. The van der Waals surface area contributed by atoms with E-state index in [4.69, 9.17) is 0 Å². The molecule has 5 nitrogen and oxygen atoms in total. The molecule has 27 heavy (non-hydrogen) atoms. The maximum atomic E-state index is 11.9. The lowest BCUT2D eigenvalue weighted by Crippen LogP contribution is -3.04. The number of anilines is 1. The molecule has 2 aromatic rings. The lowest BCUT2D eigenvalue weighted by molar-refractivity contribution is -0.872. The van der Waals surface area contributed by atoms with Crippen LogP contribution in [-0.4, -0.2) is 37.4 Å². The second-order valence-corrected chi connectivity index (χ2v) is 7.87. The van der Waals surface area contributed by atoms with E-state index in [1.807, 2.05) is 43.3 Å². The standard InChI is InChI=1S/C21H27N3O2S/c1-16-5-4-6-19(11-16)23-21(26)15-27-14-20(25)22-12-17-7-9-18(10-8-17)13-24(2)3/h4-11H,12-15H2,1-3H3,(H,22,25)(H,23,26)/p+1. The van der Waals surface area contributed by atoms with Crippen molar-refractivity contribution in [3.05, 3.63) is 65.2 Å². The molecule has 2 aromatic carbocycles. The van der Waals surface area contributed by atoms with Gasteiger partial charge >= 0.3 is 0 Å². The molecule has 0 aromatic heterocycles. The highest BCUT2D eigenvalue weighted by Gasteiger charge is 2.07. The average Bonchev–Trinajstić information content (AvgIpc) is 2.60. The minimum atomic E-state index is -0.1000. The number of amides is 2. The molecular weight excluding hydrogens is 358 g/mol. The zero-order valence-electron chi connectivity index (χ0n) is 16.2. The Morgan fingerprint density at radius 1 is 0.963 bits per heavy atom. The smallest absolute Gasteiger partial charge is 0.234 e. The molecule has 2 rings (SSSR count). The Morgan fingerprint density at radius 3 is 2.30 bits per heavy atom. The number of aryl methyl sites for hydroxylation is 1. The van der Waals surface area contributed by atoms with Gasteiger partial charge in [0.1, 0.15) is 6.54 Å². The molecule has 3 N–H and O–H groups in total. The van der Waals surface area contributed by atoms with Gasteiger partial charge in [0.25, 0.3) is 0 Å². The third-order valence-corrected chi connectivity index (χ3v) is 4.77. The monoisotopic (exact) mass is 386 g/mol. The number of quaternary nitrogens is 1. The summed E-state index contributed by atoms with van der Waals surface area (Å²) >= 11 is 1.31. The highest BCUT2D eigenvalue weighted by molar-refractivity contribution is 8.00. The first-order chi connectivity index (χ1) is 12.9. The van der Waals surface area contributed by atoms with Crippen molar-refractivity contribution in [1.29, 1.82) is 0 Å². The van der Waals surface area contributed by atoms with E-state index in [2.05, 4.69) is 36.9 Å². The van der Waals surface area contributed by atoms with Gasteiger partial charge in [-0.25, -0.2) is 0 Å². The van der Waals surface area contributed by atoms with Crippen LogP contribution in [-0.2, 0) is 22.7 Å². The number of carbonyl (C=O) groups excluding carboxylic acids is 2. The quantitative estimate of drug-likeness (QED) is 0.614. The molecule has 0 aliphatic carbocycles. The predicted molar refractivity (Wildman–Crippen MR) is 112 cm³/mol. The summed E-state index contributed by atoms with van der Waals surface area (Å²) in [5, 5.41) is 5.73. The molecule has 144 valence electrons. The molecule has 0 heterocycles. The number of thioether (sulfide) groups is 1. The van der Waals surface area contributed by atoms with Gasteiger partial charge in [-0.15, -0.1) is 11.8 Å². The molecule has 0 bridgehead atoms. The molecule has 0 atom stereocenters. The van der Waals surface area contributed by atoms with E-state index in [9.17, 15) is 9.59 Å². The van der Waals surface area contributed by atoms with E-state index in [1.165, 1.54) is 22.2 Å². The molecular formula is C21H28N3O2S+. The number of carbonyl (C=O) groups is 2. The Kier molecular flexibility index (Phi) is 8.36. The number of hydrogen-bond donors (Lipinski definition) is 3. The molecule has 0 spiro atoms. The fourth-order valence-corrected chi connectivity index (χ4v) is 3.24. The summed E-state index contributed by atoms with van der Waals surface area (Å²) in [6.45, 7) is 3.46. The molecule has 0 unspecified atom stereocenters. The van der Waals surface area contributed by atoms with Crippen LogP contribution in [0, 0.1) is 6.92 Å². The number of hydrogen-bond acceptors (Lipinski definition) is 3. The van der Waals surface area contributed by atoms with Gasteiger partial charge in [0.05, 0.1) is 25.6 Å². The largest absolute Gasteiger partial charge is 0.351 e. The summed E-state index contributed by atoms with van der Waals surface area (Å²) in [5.41, 5.74) is 4.23. The van der Waals surface area contributed by atoms with E-state index >= 15 is 0 Å². The zero-order chi connectivity index (χ0) is 19.6. The summed E-state index contributed by atoms with van der Waals surface area (Å²) in [6.07, 6.45) is 0. The Bertz CT molecular complexity index is 760. The molecule has 0 aliphatic rings. The molecule has 0 saturated carbocycles. The van der Waals surface area contributed by atoms with Crippen LogP contribution in [0.4, 0.5) is 5.69 Å².